The Morgan fingerprint density at radius 2 is 1.52 bits per heavy atom. The van der Waals surface area contributed by atoms with Gasteiger partial charge in [0, 0.05) is 0 Å². The van der Waals surface area contributed by atoms with Gasteiger partial charge in [0.25, 0.3) is 0 Å². The Hall–Kier alpha value is -2.36. The average Bonchev–Trinajstić information content (AvgIpc) is 2.56. The van der Waals surface area contributed by atoms with Crippen molar-refractivity contribution in [2.75, 3.05) is 7.11 Å². The molecule has 3 nitrogen and oxygen atoms in total. The summed E-state index contributed by atoms with van der Waals surface area (Å²) < 4.78 is 5.19. The number of benzene rings is 3. The third kappa shape index (κ3) is 2.75. The van der Waals surface area contributed by atoms with Gasteiger partial charge in [-0.15, -0.1) is 0 Å². The van der Waals surface area contributed by atoms with Crippen LogP contribution in [0.2, 0.25) is 0 Å². The molecule has 3 heteroatoms. The van der Waals surface area contributed by atoms with Gasteiger partial charge in [-0.25, -0.2) is 5.43 Å². The van der Waals surface area contributed by atoms with Gasteiger partial charge in [0.1, 0.15) is 5.75 Å². The van der Waals surface area contributed by atoms with E-state index < -0.39 is 0 Å². The number of rotatable bonds is 4. The van der Waals surface area contributed by atoms with Gasteiger partial charge in [-0.2, -0.15) is 0 Å². The van der Waals surface area contributed by atoms with E-state index in [1.165, 1.54) is 10.8 Å². The van der Waals surface area contributed by atoms with Crippen molar-refractivity contribution in [2.24, 2.45) is 5.84 Å². The molecule has 3 rings (SSSR count). The van der Waals surface area contributed by atoms with Crippen molar-refractivity contribution in [3.63, 3.8) is 0 Å². The fourth-order valence-electron chi connectivity index (χ4n) is 2.57. The van der Waals surface area contributed by atoms with Crippen LogP contribution in [0.15, 0.2) is 66.7 Å². The van der Waals surface area contributed by atoms with Crippen LogP contribution in [-0.4, -0.2) is 7.11 Å². The monoisotopic (exact) mass is 278 g/mol. The molecule has 0 amide bonds. The van der Waals surface area contributed by atoms with Gasteiger partial charge in [0.15, 0.2) is 0 Å². The van der Waals surface area contributed by atoms with Crippen LogP contribution in [0.1, 0.15) is 17.2 Å². The van der Waals surface area contributed by atoms with E-state index in [0.717, 1.165) is 16.9 Å². The predicted octanol–water partition coefficient (Wildman–Crippen LogP) is 3.40. The number of nitrogens with one attached hydrogen (secondary N) is 1. The summed E-state index contributed by atoms with van der Waals surface area (Å²) in [5.41, 5.74) is 5.14. The summed E-state index contributed by atoms with van der Waals surface area (Å²) >= 11 is 0. The van der Waals surface area contributed by atoms with Crippen LogP contribution in [0.25, 0.3) is 10.8 Å². The molecular weight excluding hydrogens is 260 g/mol. The summed E-state index contributed by atoms with van der Waals surface area (Å²) in [5.74, 6) is 6.61. The van der Waals surface area contributed by atoms with Crippen molar-refractivity contribution in [1.29, 1.82) is 0 Å². The average molecular weight is 278 g/mol. The summed E-state index contributed by atoms with van der Waals surface area (Å²) in [6.07, 6.45) is 0. The summed E-state index contributed by atoms with van der Waals surface area (Å²) in [7, 11) is 1.66. The van der Waals surface area contributed by atoms with Crippen LogP contribution in [0.5, 0.6) is 5.75 Å². The Kier molecular flexibility index (Phi) is 3.86. The first kappa shape index (κ1) is 13.6. The third-order valence-electron chi connectivity index (χ3n) is 3.72. The fraction of sp³-hybridized carbons (Fsp3) is 0.111. The molecule has 3 aromatic rings. The number of nitrogens with two attached hydrogens (primary N) is 1. The Balaban J connectivity index is 2.00. The molecular formula is C18H18N2O. The molecule has 0 fully saturated rings. The molecule has 0 radical (unpaired) electrons. The van der Waals surface area contributed by atoms with Gasteiger partial charge >= 0.3 is 0 Å². The largest absolute Gasteiger partial charge is 0.497 e. The molecule has 0 aliphatic carbocycles. The van der Waals surface area contributed by atoms with E-state index in [0.29, 0.717) is 0 Å². The van der Waals surface area contributed by atoms with Crippen LogP contribution >= 0.6 is 0 Å². The summed E-state index contributed by atoms with van der Waals surface area (Å²) in [5, 5.41) is 2.44. The highest BCUT2D eigenvalue weighted by Gasteiger charge is 2.12. The van der Waals surface area contributed by atoms with Crippen molar-refractivity contribution < 1.29 is 4.74 Å². The van der Waals surface area contributed by atoms with Crippen molar-refractivity contribution in [3.8, 4) is 5.75 Å². The summed E-state index contributed by atoms with van der Waals surface area (Å²) in [4.78, 5) is 0. The molecule has 0 saturated carbocycles. The zero-order valence-corrected chi connectivity index (χ0v) is 11.9. The zero-order valence-electron chi connectivity index (χ0n) is 11.9. The van der Waals surface area contributed by atoms with Crippen molar-refractivity contribution in [3.05, 3.63) is 77.9 Å². The second-order valence-electron chi connectivity index (χ2n) is 4.98. The first-order valence-electron chi connectivity index (χ1n) is 6.90. The molecule has 3 N–H and O–H groups in total. The van der Waals surface area contributed by atoms with E-state index in [2.05, 4.69) is 35.8 Å². The lowest BCUT2D eigenvalue weighted by molar-refractivity contribution is 0.414. The van der Waals surface area contributed by atoms with Crippen LogP contribution in [-0.2, 0) is 0 Å². The van der Waals surface area contributed by atoms with Gasteiger partial charge in [0.05, 0.1) is 13.2 Å². The third-order valence-corrected chi connectivity index (χ3v) is 3.72. The summed E-state index contributed by atoms with van der Waals surface area (Å²) in [6, 6.07) is 22.6. The minimum atomic E-state index is -0.0412. The summed E-state index contributed by atoms with van der Waals surface area (Å²) in [6.45, 7) is 0. The van der Waals surface area contributed by atoms with E-state index in [1.807, 2.05) is 36.4 Å². The molecule has 0 bridgehead atoms. The second-order valence-corrected chi connectivity index (χ2v) is 4.98. The van der Waals surface area contributed by atoms with Crippen LogP contribution in [0, 0.1) is 0 Å². The molecule has 3 aromatic carbocycles. The smallest absolute Gasteiger partial charge is 0.118 e. The standard InChI is InChI=1S/C18H18N2O/c1-21-17-10-8-14(9-11-17)18(20-19)16-7-6-13-4-2-3-5-15(13)12-16/h2-12,18,20H,19H2,1H3. The van der Waals surface area contributed by atoms with E-state index in [1.54, 1.807) is 7.11 Å². The number of hydrogen-bond acceptors (Lipinski definition) is 3. The number of methoxy groups -OCH3 is 1. The highest BCUT2D eigenvalue weighted by Crippen LogP contribution is 2.26. The number of fused-ring (bicyclic) bond motifs is 1. The maximum absolute atomic E-state index is 5.77. The van der Waals surface area contributed by atoms with E-state index in [-0.39, 0.29) is 6.04 Å². The lowest BCUT2D eigenvalue weighted by Gasteiger charge is -2.18. The molecule has 0 aliphatic heterocycles. The molecule has 106 valence electrons. The van der Waals surface area contributed by atoms with E-state index in [9.17, 15) is 0 Å². The quantitative estimate of drug-likeness (QED) is 0.568. The predicted molar refractivity (Wildman–Crippen MR) is 86.1 cm³/mol. The first-order valence-corrected chi connectivity index (χ1v) is 6.90. The molecule has 1 unspecified atom stereocenters. The Labute approximate surface area is 124 Å². The molecule has 21 heavy (non-hydrogen) atoms. The first-order chi connectivity index (χ1) is 10.3. The lowest BCUT2D eigenvalue weighted by Crippen LogP contribution is -2.28. The maximum atomic E-state index is 5.77. The number of hydrazine groups is 1. The van der Waals surface area contributed by atoms with E-state index in [4.69, 9.17) is 10.6 Å². The normalized spacial score (nSPS) is 12.3. The minimum absolute atomic E-state index is 0.0412. The molecule has 1 atom stereocenters. The van der Waals surface area contributed by atoms with Gasteiger partial charge in [0.2, 0.25) is 0 Å². The SMILES string of the molecule is COc1ccc(C(NN)c2ccc3ccccc3c2)cc1. The van der Waals surface area contributed by atoms with Crippen molar-refractivity contribution in [1.82, 2.24) is 5.43 Å². The Bertz CT molecular complexity index is 738. The topological polar surface area (TPSA) is 47.3 Å². The lowest BCUT2D eigenvalue weighted by atomic mass is 9.97. The maximum Gasteiger partial charge on any atom is 0.118 e. The van der Waals surface area contributed by atoms with Crippen LogP contribution < -0.4 is 16.0 Å². The molecule has 0 saturated heterocycles. The van der Waals surface area contributed by atoms with Gasteiger partial charge in [-0.3, -0.25) is 5.84 Å². The minimum Gasteiger partial charge on any atom is -0.497 e. The van der Waals surface area contributed by atoms with Gasteiger partial charge < -0.3 is 4.74 Å². The van der Waals surface area contributed by atoms with Gasteiger partial charge in [-0.05, 0) is 40.1 Å². The van der Waals surface area contributed by atoms with E-state index >= 15 is 0 Å². The van der Waals surface area contributed by atoms with Crippen molar-refractivity contribution >= 4 is 10.8 Å². The molecule has 0 spiro atoms. The van der Waals surface area contributed by atoms with Crippen LogP contribution in [0.3, 0.4) is 0 Å². The Morgan fingerprint density at radius 1 is 0.857 bits per heavy atom. The van der Waals surface area contributed by atoms with Crippen molar-refractivity contribution in [2.45, 2.75) is 6.04 Å². The highest BCUT2D eigenvalue weighted by atomic mass is 16.5. The molecule has 0 aromatic heterocycles. The number of hydrogen-bond donors (Lipinski definition) is 2. The van der Waals surface area contributed by atoms with Crippen LogP contribution in [0.4, 0.5) is 0 Å². The highest BCUT2D eigenvalue weighted by molar-refractivity contribution is 5.83. The molecule has 0 aliphatic rings. The number of ether oxygens (including phenoxy) is 1. The Morgan fingerprint density at radius 3 is 2.19 bits per heavy atom. The van der Waals surface area contributed by atoms with Gasteiger partial charge in [-0.1, -0.05) is 48.5 Å². The zero-order chi connectivity index (χ0) is 14.7. The fourth-order valence-corrected chi connectivity index (χ4v) is 2.57. The molecule has 0 heterocycles. The second kappa shape index (κ2) is 5.95.